The molecule has 0 fully saturated rings. The van der Waals surface area contributed by atoms with Crippen LogP contribution in [0.4, 0.5) is 0 Å². The van der Waals surface area contributed by atoms with Gasteiger partial charge in [-0.25, -0.2) is 8.42 Å². The minimum Gasteiger partial charge on any atom is -0.497 e. The fourth-order valence-electron chi connectivity index (χ4n) is 3.81. The Morgan fingerprint density at radius 1 is 1.08 bits per heavy atom. The van der Waals surface area contributed by atoms with Crippen LogP contribution in [-0.4, -0.2) is 63.3 Å². The quantitative estimate of drug-likeness (QED) is 0.214. The minimum atomic E-state index is -3.72. The van der Waals surface area contributed by atoms with Gasteiger partial charge in [0, 0.05) is 25.7 Å². The molecule has 0 aliphatic rings. The molecule has 0 atom stereocenters. The first-order valence-electron chi connectivity index (χ1n) is 11.4. The SMILES string of the molecule is COc1cc(C)c(S(=O)(=O)N(C)CCOCC(=O)N(CS)Cc2ccc(-c3ccco3)cc2)c(C)c1. The van der Waals surface area contributed by atoms with E-state index in [9.17, 15) is 13.2 Å². The summed E-state index contributed by atoms with van der Waals surface area (Å²) < 4.78 is 43.6. The summed E-state index contributed by atoms with van der Waals surface area (Å²) in [6.07, 6.45) is 1.62. The molecule has 1 heterocycles. The first kappa shape index (κ1) is 27.8. The molecule has 0 unspecified atom stereocenters. The highest BCUT2D eigenvalue weighted by molar-refractivity contribution is 7.89. The molecule has 0 saturated carbocycles. The maximum Gasteiger partial charge on any atom is 0.249 e. The van der Waals surface area contributed by atoms with E-state index in [1.54, 1.807) is 44.3 Å². The van der Waals surface area contributed by atoms with Crippen LogP contribution < -0.4 is 4.74 Å². The molecule has 0 N–H and O–H groups in total. The Bertz CT molecular complexity index is 1240. The predicted molar refractivity (Wildman–Crippen MR) is 142 cm³/mol. The van der Waals surface area contributed by atoms with E-state index in [4.69, 9.17) is 13.9 Å². The molecular weight excluding hydrogens is 500 g/mol. The third-order valence-corrected chi connectivity index (χ3v) is 8.27. The van der Waals surface area contributed by atoms with Gasteiger partial charge in [-0.05, 0) is 54.8 Å². The largest absolute Gasteiger partial charge is 0.497 e. The molecule has 0 bridgehead atoms. The molecule has 1 aromatic heterocycles. The van der Waals surface area contributed by atoms with E-state index >= 15 is 0 Å². The molecule has 8 nitrogen and oxygen atoms in total. The molecule has 2 aromatic carbocycles. The molecular formula is C26H32N2O6S2. The second-order valence-electron chi connectivity index (χ2n) is 8.38. The van der Waals surface area contributed by atoms with Crippen molar-refractivity contribution in [3.05, 3.63) is 71.5 Å². The molecule has 194 valence electrons. The lowest BCUT2D eigenvalue weighted by atomic mass is 10.1. The van der Waals surface area contributed by atoms with Gasteiger partial charge in [-0.3, -0.25) is 4.79 Å². The summed E-state index contributed by atoms with van der Waals surface area (Å²) in [5.41, 5.74) is 3.12. The second kappa shape index (κ2) is 12.4. The smallest absolute Gasteiger partial charge is 0.249 e. The number of ether oxygens (including phenoxy) is 2. The first-order valence-corrected chi connectivity index (χ1v) is 13.5. The van der Waals surface area contributed by atoms with Crippen LogP contribution in [0, 0.1) is 13.8 Å². The fourth-order valence-corrected chi connectivity index (χ4v) is 5.63. The summed E-state index contributed by atoms with van der Waals surface area (Å²) >= 11 is 4.28. The Morgan fingerprint density at radius 3 is 2.31 bits per heavy atom. The number of hydrogen-bond acceptors (Lipinski definition) is 7. The van der Waals surface area contributed by atoms with Crippen LogP contribution in [0.15, 0.2) is 64.1 Å². The van der Waals surface area contributed by atoms with Gasteiger partial charge in [0.1, 0.15) is 18.1 Å². The van der Waals surface area contributed by atoms with E-state index in [-0.39, 0.29) is 36.4 Å². The predicted octanol–water partition coefficient (Wildman–Crippen LogP) is 4.13. The number of sulfonamides is 1. The Hall–Kier alpha value is -2.79. The molecule has 0 aliphatic heterocycles. The Balaban J connectivity index is 1.51. The van der Waals surface area contributed by atoms with E-state index in [1.807, 2.05) is 36.4 Å². The molecule has 3 rings (SSSR count). The number of rotatable bonds is 12. The van der Waals surface area contributed by atoms with Crippen molar-refractivity contribution in [3.63, 3.8) is 0 Å². The summed E-state index contributed by atoms with van der Waals surface area (Å²) in [4.78, 5) is 14.5. The van der Waals surface area contributed by atoms with Gasteiger partial charge in [-0.1, -0.05) is 24.3 Å². The number of likely N-dealkylation sites (N-methyl/N-ethyl adjacent to an activating group) is 1. The third kappa shape index (κ3) is 6.70. The summed E-state index contributed by atoms with van der Waals surface area (Å²) in [6, 6.07) is 14.9. The maximum atomic E-state index is 13.1. The summed E-state index contributed by atoms with van der Waals surface area (Å²) in [5, 5.41) is 0. The highest BCUT2D eigenvalue weighted by Crippen LogP contribution is 2.27. The Labute approximate surface area is 218 Å². The standard InChI is InChI=1S/C26H32N2O6S2/c1-19-14-23(32-4)15-20(2)26(19)36(30,31)27(3)11-13-33-17-25(29)28(18-35)16-21-7-9-22(10-8-21)24-6-5-12-34-24/h5-10,12,14-15,35H,11,13,16-18H2,1-4H3. The summed E-state index contributed by atoms with van der Waals surface area (Å²) in [7, 11) is -0.686. The molecule has 36 heavy (non-hydrogen) atoms. The highest BCUT2D eigenvalue weighted by Gasteiger charge is 2.25. The molecule has 10 heteroatoms. The molecule has 0 spiro atoms. The van der Waals surface area contributed by atoms with Gasteiger partial charge in [0.25, 0.3) is 0 Å². The van der Waals surface area contributed by atoms with Crippen LogP contribution in [-0.2, 0) is 26.1 Å². The van der Waals surface area contributed by atoms with Crippen LogP contribution >= 0.6 is 12.6 Å². The number of carbonyl (C=O) groups is 1. The Kier molecular flexibility index (Phi) is 9.61. The molecule has 0 radical (unpaired) electrons. The molecule has 0 aliphatic carbocycles. The van der Waals surface area contributed by atoms with Gasteiger partial charge >= 0.3 is 0 Å². The lowest BCUT2D eigenvalue weighted by molar-refractivity contribution is -0.135. The number of carbonyl (C=O) groups excluding carboxylic acids is 1. The van der Waals surface area contributed by atoms with Gasteiger partial charge in [-0.15, -0.1) is 0 Å². The summed E-state index contributed by atoms with van der Waals surface area (Å²) in [5.74, 6) is 1.39. The molecule has 1 amide bonds. The second-order valence-corrected chi connectivity index (χ2v) is 10.6. The van der Waals surface area contributed by atoms with E-state index in [0.29, 0.717) is 23.4 Å². The monoisotopic (exact) mass is 532 g/mol. The zero-order valence-corrected chi connectivity index (χ0v) is 22.6. The van der Waals surface area contributed by atoms with Crippen molar-refractivity contribution < 1.29 is 27.1 Å². The number of thiol groups is 1. The van der Waals surface area contributed by atoms with E-state index < -0.39 is 10.0 Å². The fraction of sp³-hybridized carbons (Fsp3) is 0.346. The molecule has 0 saturated heterocycles. The average molecular weight is 533 g/mol. The van der Waals surface area contributed by atoms with Gasteiger partial charge in [0.15, 0.2) is 0 Å². The van der Waals surface area contributed by atoms with E-state index in [0.717, 1.165) is 16.9 Å². The minimum absolute atomic E-state index is 0.0774. The van der Waals surface area contributed by atoms with Gasteiger partial charge in [0.2, 0.25) is 15.9 Å². The number of nitrogens with zero attached hydrogens (tertiary/aromatic N) is 2. The van der Waals surface area contributed by atoms with Crippen LogP contribution in [0.2, 0.25) is 0 Å². The first-order chi connectivity index (χ1) is 17.2. The van der Waals surface area contributed by atoms with Crippen molar-refractivity contribution in [1.82, 2.24) is 9.21 Å². The zero-order chi connectivity index (χ0) is 26.3. The van der Waals surface area contributed by atoms with Gasteiger partial charge in [0.05, 0.1) is 30.8 Å². The lowest BCUT2D eigenvalue weighted by Gasteiger charge is -2.22. The van der Waals surface area contributed by atoms with Crippen molar-refractivity contribution in [3.8, 4) is 17.1 Å². The van der Waals surface area contributed by atoms with Crippen LogP contribution in [0.3, 0.4) is 0 Å². The number of benzene rings is 2. The number of aryl methyl sites for hydroxylation is 2. The van der Waals surface area contributed by atoms with Crippen molar-refractivity contribution >= 4 is 28.6 Å². The topological polar surface area (TPSA) is 89.3 Å². The van der Waals surface area contributed by atoms with Crippen LogP contribution in [0.1, 0.15) is 16.7 Å². The van der Waals surface area contributed by atoms with Gasteiger partial charge in [-0.2, -0.15) is 16.9 Å². The van der Waals surface area contributed by atoms with Crippen LogP contribution in [0.25, 0.3) is 11.3 Å². The van der Waals surface area contributed by atoms with Crippen molar-refractivity contribution in [2.45, 2.75) is 25.3 Å². The van der Waals surface area contributed by atoms with Crippen molar-refractivity contribution in [2.24, 2.45) is 0 Å². The van der Waals surface area contributed by atoms with E-state index in [2.05, 4.69) is 12.6 Å². The Morgan fingerprint density at radius 2 is 1.75 bits per heavy atom. The normalized spacial score (nSPS) is 11.6. The highest BCUT2D eigenvalue weighted by atomic mass is 32.2. The number of hydrogen-bond donors (Lipinski definition) is 1. The average Bonchev–Trinajstić information content (AvgIpc) is 3.39. The molecule has 3 aromatic rings. The van der Waals surface area contributed by atoms with Crippen LogP contribution in [0.5, 0.6) is 5.75 Å². The number of amides is 1. The summed E-state index contributed by atoms with van der Waals surface area (Å²) in [6.45, 7) is 3.88. The number of furan rings is 1. The van der Waals surface area contributed by atoms with Crippen molar-refractivity contribution in [2.75, 3.05) is 39.8 Å². The number of methoxy groups -OCH3 is 1. The van der Waals surface area contributed by atoms with Gasteiger partial charge < -0.3 is 18.8 Å². The zero-order valence-electron chi connectivity index (χ0n) is 20.9. The lowest BCUT2D eigenvalue weighted by Crippen LogP contribution is -2.35. The van der Waals surface area contributed by atoms with E-state index in [1.165, 1.54) is 11.4 Å². The third-order valence-electron chi connectivity index (χ3n) is 5.77. The maximum absolute atomic E-state index is 13.1. The van der Waals surface area contributed by atoms with Crippen molar-refractivity contribution in [1.29, 1.82) is 0 Å².